The molecule has 0 aromatic heterocycles. The molecule has 0 rings (SSSR count). The van der Waals surface area contributed by atoms with E-state index in [4.69, 9.17) is 4.74 Å². The van der Waals surface area contributed by atoms with Crippen molar-refractivity contribution in [3.8, 4) is 0 Å². The Balaban J connectivity index is 3.47. The Labute approximate surface area is 75.3 Å². The maximum atomic E-state index is 9.51. The number of aliphatic hydroxyl groups is 1. The van der Waals surface area contributed by atoms with Crippen molar-refractivity contribution >= 4 is 0 Å². The molecule has 1 unspecified atom stereocenters. The van der Waals surface area contributed by atoms with E-state index in [9.17, 15) is 5.11 Å². The number of rotatable bonds is 6. The summed E-state index contributed by atoms with van der Waals surface area (Å²) in [7, 11) is 3.68. The fraction of sp³-hybridized carbons (Fsp3) is 1.00. The molecule has 0 saturated heterocycles. The summed E-state index contributed by atoms with van der Waals surface area (Å²) in [5, 5.41) is 9.51. The van der Waals surface area contributed by atoms with Crippen molar-refractivity contribution in [2.75, 3.05) is 33.9 Å². The summed E-state index contributed by atoms with van der Waals surface area (Å²) in [5.41, 5.74) is 0. The fourth-order valence-electron chi connectivity index (χ4n) is 0.869. The lowest BCUT2D eigenvalue weighted by molar-refractivity contribution is 0.0738. The zero-order chi connectivity index (χ0) is 9.56. The highest BCUT2D eigenvalue weighted by Crippen LogP contribution is 2.01. The molecule has 0 aliphatic carbocycles. The molecule has 3 nitrogen and oxygen atoms in total. The summed E-state index contributed by atoms with van der Waals surface area (Å²) < 4.78 is 4.93. The third-order valence-electron chi connectivity index (χ3n) is 1.95. The van der Waals surface area contributed by atoms with Crippen LogP contribution in [0.1, 0.15) is 13.8 Å². The van der Waals surface area contributed by atoms with E-state index in [1.54, 1.807) is 7.11 Å². The summed E-state index contributed by atoms with van der Waals surface area (Å²) >= 11 is 0. The van der Waals surface area contributed by atoms with Crippen LogP contribution in [0.3, 0.4) is 0 Å². The quantitative estimate of drug-likeness (QED) is 0.641. The van der Waals surface area contributed by atoms with Gasteiger partial charge in [0, 0.05) is 20.2 Å². The largest absolute Gasteiger partial charge is 0.392 e. The van der Waals surface area contributed by atoms with Gasteiger partial charge in [-0.2, -0.15) is 0 Å². The van der Waals surface area contributed by atoms with Crippen LogP contribution in [-0.2, 0) is 4.74 Å². The second kappa shape index (κ2) is 6.40. The van der Waals surface area contributed by atoms with Gasteiger partial charge in [-0.15, -0.1) is 0 Å². The van der Waals surface area contributed by atoms with E-state index in [-0.39, 0.29) is 6.10 Å². The normalized spacial score (nSPS) is 14.2. The minimum atomic E-state index is -0.230. The van der Waals surface area contributed by atoms with E-state index in [1.807, 2.05) is 20.9 Å². The third-order valence-corrected chi connectivity index (χ3v) is 1.95. The predicted octanol–water partition coefficient (Wildman–Crippen LogP) is 0.581. The maximum Gasteiger partial charge on any atom is 0.0689 e. The van der Waals surface area contributed by atoms with Crippen molar-refractivity contribution in [1.29, 1.82) is 0 Å². The van der Waals surface area contributed by atoms with Gasteiger partial charge in [-0.05, 0) is 13.0 Å². The number of nitrogens with zero attached hydrogens (tertiary/aromatic N) is 1. The molecular weight excluding hydrogens is 154 g/mol. The van der Waals surface area contributed by atoms with Crippen molar-refractivity contribution in [2.45, 2.75) is 20.0 Å². The lowest BCUT2D eigenvalue weighted by atomic mass is 10.1. The number of ether oxygens (including phenoxy) is 1. The van der Waals surface area contributed by atoms with Gasteiger partial charge >= 0.3 is 0 Å². The maximum absolute atomic E-state index is 9.51. The molecular formula is C9H21NO2. The molecule has 1 atom stereocenters. The number of hydrogen-bond acceptors (Lipinski definition) is 3. The average Bonchev–Trinajstić information content (AvgIpc) is 2.00. The summed E-state index contributed by atoms with van der Waals surface area (Å²) in [4.78, 5) is 2.08. The molecule has 0 spiro atoms. The number of methoxy groups -OCH3 is 1. The monoisotopic (exact) mass is 175 g/mol. The highest BCUT2D eigenvalue weighted by atomic mass is 16.5. The summed E-state index contributed by atoms with van der Waals surface area (Å²) in [6.07, 6.45) is -0.230. The van der Waals surface area contributed by atoms with Crippen LogP contribution < -0.4 is 0 Å². The predicted molar refractivity (Wildman–Crippen MR) is 50.2 cm³/mol. The van der Waals surface area contributed by atoms with Gasteiger partial charge in [0.2, 0.25) is 0 Å². The van der Waals surface area contributed by atoms with E-state index in [1.165, 1.54) is 0 Å². The van der Waals surface area contributed by atoms with Crippen molar-refractivity contribution < 1.29 is 9.84 Å². The van der Waals surface area contributed by atoms with E-state index in [0.29, 0.717) is 5.92 Å². The topological polar surface area (TPSA) is 32.7 Å². The first-order valence-electron chi connectivity index (χ1n) is 4.43. The number of hydrogen-bond donors (Lipinski definition) is 1. The summed E-state index contributed by atoms with van der Waals surface area (Å²) in [6, 6.07) is 0. The number of aliphatic hydroxyl groups excluding tert-OH is 1. The van der Waals surface area contributed by atoms with Crippen molar-refractivity contribution in [3.63, 3.8) is 0 Å². The van der Waals surface area contributed by atoms with Crippen molar-refractivity contribution in [2.24, 2.45) is 5.92 Å². The van der Waals surface area contributed by atoms with Gasteiger partial charge in [-0.1, -0.05) is 13.8 Å². The van der Waals surface area contributed by atoms with Crippen LogP contribution in [0.15, 0.2) is 0 Å². The Kier molecular flexibility index (Phi) is 6.34. The summed E-state index contributed by atoms with van der Waals surface area (Å²) in [6.45, 7) is 6.37. The minimum absolute atomic E-state index is 0.230. The van der Waals surface area contributed by atoms with Crippen LogP contribution in [-0.4, -0.2) is 50.0 Å². The highest BCUT2D eigenvalue weighted by Gasteiger charge is 2.11. The van der Waals surface area contributed by atoms with Crippen LogP contribution in [0.25, 0.3) is 0 Å². The van der Waals surface area contributed by atoms with Gasteiger partial charge < -0.3 is 14.7 Å². The number of likely N-dealkylation sites (N-methyl/N-ethyl adjacent to an activating group) is 1. The smallest absolute Gasteiger partial charge is 0.0689 e. The standard InChI is InChI=1S/C9H21NO2/c1-8(2)9(11)7-10(3)5-6-12-4/h8-9,11H,5-7H2,1-4H3. The molecule has 0 heterocycles. The Morgan fingerprint density at radius 1 is 1.42 bits per heavy atom. The first-order chi connectivity index (χ1) is 5.57. The van der Waals surface area contributed by atoms with Crippen molar-refractivity contribution in [3.05, 3.63) is 0 Å². The molecule has 3 heteroatoms. The summed E-state index contributed by atoms with van der Waals surface area (Å²) in [5.74, 6) is 0.329. The van der Waals surface area contributed by atoms with Crippen molar-refractivity contribution in [1.82, 2.24) is 4.90 Å². The Morgan fingerprint density at radius 3 is 2.42 bits per heavy atom. The lowest BCUT2D eigenvalue weighted by Gasteiger charge is -2.22. The van der Waals surface area contributed by atoms with E-state index in [0.717, 1.165) is 19.7 Å². The molecule has 0 fully saturated rings. The molecule has 0 saturated carbocycles. The molecule has 74 valence electrons. The third kappa shape index (κ3) is 5.52. The van der Waals surface area contributed by atoms with E-state index < -0.39 is 0 Å². The molecule has 0 amide bonds. The second-order valence-electron chi connectivity index (χ2n) is 3.57. The molecule has 1 N–H and O–H groups in total. The molecule has 0 aromatic carbocycles. The highest BCUT2D eigenvalue weighted by molar-refractivity contribution is 4.64. The second-order valence-corrected chi connectivity index (χ2v) is 3.57. The molecule has 0 bridgehead atoms. The zero-order valence-electron chi connectivity index (χ0n) is 8.58. The zero-order valence-corrected chi connectivity index (χ0v) is 8.58. The molecule has 0 aromatic rings. The molecule has 0 aliphatic heterocycles. The first-order valence-corrected chi connectivity index (χ1v) is 4.43. The Bertz CT molecular complexity index is 107. The van der Waals surface area contributed by atoms with Crippen LogP contribution in [0.5, 0.6) is 0 Å². The molecule has 0 aliphatic rings. The van der Waals surface area contributed by atoms with E-state index >= 15 is 0 Å². The van der Waals surface area contributed by atoms with Gasteiger partial charge in [0.15, 0.2) is 0 Å². The van der Waals surface area contributed by atoms with E-state index in [2.05, 4.69) is 4.90 Å². The average molecular weight is 175 g/mol. The fourth-order valence-corrected chi connectivity index (χ4v) is 0.869. The van der Waals surface area contributed by atoms with Gasteiger partial charge in [-0.3, -0.25) is 0 Å². The lowest BCUT2D eigenvalue weighted by Crippen LogP contribution is -2.34. The van der Waals surface area contributed by atoms with Crippen LogP contribution in [0.4, 0.5) is 0 Å². The molecule has 0 radical (unpaired) electrons. The van der Waals surface area contributed by atoms with Gasteiger partial charge in [-0.25, -0.2) is 0 Å². The SMILES string of the molecule is COCCN(C)CC(O)C(C)C. The molecule has 12 heavy (non-hydrogen) atoms. The van der Waals surface area contributed by atoms with Crippen LogP contribution in [0, 0.1) is 5.92 Å². The van der Waals surface area contributed by atoms with Gasteiger partial charge in [0.25, 0.3) is 0 Å². The van der Waals surface area contributed by atoms with Gasteiger partial charge in [0.1, 0.15) is 0 Å². The minimum Gasteiger partial charge on any atom is -0.392 e. The first kappa shape index (κ1) is 11.9. The Hall–Kier alpha value is -0.120. The van der Waals surface area contributed by atoms with Crippen LogP contribution >= 0.6 is 0 Å². The van der Waals surface area contributed by atoms with Crippen LogP contribution in [0.2, 0.25) is 0 Å². The van der Waals surface area contributed by atoms with Gasteiger partial charge in [0.05, 0.1) is 12.7 Å². The Morgan fingerprint density at radius 2 is 2.00 bits per heavy atom.